The molecule has 0 bridgehead atoms. The molecule has 2 rings (SSSR count). The van der Waals surface area contributed by atoms with Crippen molar-refractivity contribution in [3.05, 3.63) is 35.4 Å². The van der Waals surface area contributed by atoms with Crippen molar-refractivity contribution in [2.45, 2.75) is 38.6 Å². The lowest BCUT2D eigenvalue weighted by Crippen LogP contribution is -2.24. The zero-order valence-electron chi connectivity index (χ0n) is 10.8. The van der Waals surface area contributed by atoms with Crippen molar-refractivity contribution in [3.8, 4) is 0 Å². The Labute approximate surface area is 105 Å². The summed E-state index contributed by atoms with van der Waals surface area (Å²) < 4.78 is 0. The van der Waals surface area contributed by atoms with E-state index in [4.69, 9.17) is 0 Å². The van der Waals surface area contributed by atoms with Gasteiger partial charge in [0.1, 0.15) is 0 Å². The Kier molecular flexibility index (Phi) is 5.02. The van der Waals surface area contributed by atoms with Crippen LogP contribution in [0, 0.1) is 0 Å². The van der Waals surface area contributed by atoms with Crippen LogP contribution in [0.3, 0.4) is 0 Å². The first-order valence-electron chi connectivity index (χ1n) is 6.93. The fraction of sp³-hybridized carbons (Fsp3) is 0.600. The minimum Gasteiger partial charge on any atom is -0.317 e. The van der Waals surface area contributed by atoms with Gasteiger partial charge in [-0.3, -0.25) is 0 Å². The third kappa shape index (κ3) is 3.55. The third-order valence-electron chi connectivity index (χ3n) is 3.48. The van der Waals surface area contributed by atoms with E-state index in [9.17, 15) is 0 Å². The van der Waals surface area contributed by atoms with Gasteiger partial charge in [-0.05, 0) is 56.4 Å². The van der Waals surface area contributed by atoms with E-state index >= 15 is 0 Å². The smallest absolute Gasteiger partial charge is 0.0326 e. The van der Waals surface area contributed by atoms with E-state index in [0.717, 1.165) is 19.6 Å². The van der Waals surface area contributed by atoms with E-state index in [1.165, 1.54) is 36.8 Å². The molecule has 0 heterocycles. The van der Waals surface area contributed by atoms with Gasteiger partial charge in [0.25, 0.3) is 0 Å². The predicted octanol–water partition coefficient (Wildman–Crippen LogP) is 2.65. The lowest BCUT2D eigenvalue weighted by Gasteiger charge is -2.14. The molecule has 1 aliphatic carbocycles. The van der Waals surface area contributed by atoms with Crippen molar-refractivity contribution in [2.24, 2.45) is 0 Å². The molecule has 2 N–H and O–H groups in total. The van der Waals surface area contributed by atoms with Crippen LogP contribution in [-0.2, 0) is 6.42 Å². The van der Waals surface area contributed by atoms with Gasteiger partial charge in [0.05, 0.1) is 0 Å². The average molecular weight is 232 g/mol. The maximum Gasteiger partial charge on any atom is 0.0326 e. The van der Waals surface area contributed by atoms with Crippen LogP contribution in [0.15, 0.2) is 24.3 Å². The van der Waals surface area contributed by atoms with Crippen LogP contribution >= 0.6 is 0 Å². The molecule has 0 aliphatic heterocycles. The van der Waals surface area contributed by atoms with Crippen LogP contribution in [0.5, 0.6) is 0 Å². The van der Waals surface area contributed by atoms with Gasteiger partial charge in [-0.25, -0.2) is 0 Å². The normalized spacial score (nSPS) is 18.3. The number of benzene rings is 1. The highest BCUT2D eigenvalue weighted by Gasteiger charge is 2.20. The molecule has 2 heteroatoms. The number of aryl methyl sites for hydroxylation is 1. The molecule has 0 radical (unpaired) electrons. The Hall–Kier alpha value is -0.860. The summed E-state index contributed by atoms with van der Waals surface area (Å²) >= 11 is 0. The van der Waals surface area contributed by atoms with Crippen LogP contribution in [0.2, 0.25) is 0 Å². The van der Waals surface area contributed by atoms with Crippen molar-refractivity contribution in [3.63, 3.8) is 0 Å². The topological polar surface area (TPSA) is 24.1 Å². The Bertz CT molecular complexity index is 335. The lowest BCUT2D eigenvalue weighted by molar-refractivity contribution is 0.508. The second-order valence-electron chi connectivity index (χ2n) is 4.85. The minimum absolute atomic E-state index is 0.595. The lowest BCUT2D eigenvalue weighted by atomic mass is 10.1. The first kappa shape index (κ1) is 12.6. The van der Waals surface area contributed by atoms with E-state index in [2.05, 4.69) is 41.8 Å². The van der Waals surface area contributed by atoms with Gasteiger partial charge >= 0.3 is 0 Å². The summed E-state index contributed by atoms with van der Waals surface area (Å²) in [6, 6.07) is 9.43. The van der Waals surface area contributed by atoms with Crippen molar-refractivity contribution in [1.82, 2.24) is 10.6 Å². The standard InChI is InChI=1S/C15H24N2/c1-2-10-16-11-5-12-17-15-9-8-13-6-3-4-7-14(13)15/h3-4,6-7,15-17H,2,5,8-12H2,1H3. The summed E-state index contributed by atoms with van der Waals surface area (Å²) in [4.78, 5) is 0. The van der Waals surface area contributed by atoms with Gasteiger partial charge in [0.2, 0.25) is 0 Å². The van der Waals surface area contributed by atoms with Gasteiger partial charge in [-0.1, -0.05) is 31.2 Å². The number of rotatable bonds is 7. The first-order valence-corrected chi connectivity index (χ1v) is 6.93. The van der Waals surface area contributed by atoms with Gasteiger partial charge in [0, 0.05) is 6.04 Å². The molecule has 1 unspecified atom stereocenters. The molecule has 94 valence electrons. The largest absolute Gasteiger partial charge is 0.317 e. The van der Waals surface area contributed by atoms with E-state index in [1.807, 2.05) is 0 Å². The monoisotopic (exact) mass is 232 g/mol. The van der Waals surface area contributed by atoms with Crippen LogP contribution < -0.4 is 10.6 Å². The Morgan fingerprint density at radius 2 is 2.06 bits per heavy atom. The van der Waals surface area contributed by atoms with E-state index in [0.29, 0.717) is 6.04 Å². The van der Waals surface area contributed by atoms with Crippen molar-refractivity contribution in [1.29, 1.82) is 0 Å². The molecule has 1 atom stereocenters. The highest BCUT2D eigenvalue weighted by atomic mass is 14.9. The number of nitrogens with one attached hydrogen (secondary N) is 2. The summed E-state index contributed by atoms with van der Waals surface area (Å²) in [5.41, 5.74) is 3.06. The fourth-order valence-electron chi connectivity index (χ4n) is 2.56. The van der Waals surface area contributed by atoms with Gasteiger partial charge < -0.3 is 10.6 Å². The van der Waals surface area contributed by atoms with E-state index in [1.54, 1.807) is 0 Å². The molecular weight excluding hydrogens is 208 g/mol. The number of hydrogen-bond acceptors (Lipinski definition) is 2. The van der Waals surface area contributed by atoms with Crippen molar-refractivity contribution < 1.29 is 0 Å². The maximum absolute atomic E-state index is 3.67. The molecule has 0 aromatic heterocycles. The fourth-order valence-corrected chi connectivity index (χ4v) is 2.56. The Morgan fingerprint density at radius 3 is 2.94 bits per heavy atom. The van der Waals surface area contributed by atoms with Crippen LogP contribution in [0.25, 0.3) is 0 Å². The zero-order chi connectivity index (χ0) is 11.9. The molecule has 2 nitrogen and oxygen atoms in total. The van der Waals surface area contributed by atoms with Crippen LogP contribution in [0.4, 0.5) is 0 Å². The SMILES string of the molecule is CCCNCCCNC1CCc2ccccc21. The van der Waals surface area contributed by atoms with E-state index < -0.39 is 0 Å². The highest BCUT2D eigenvalue weighted by Crippen LogP contribution is 2.30. The first-order chi connectivity index (χ1) is 8.42. The van der Waals surface area contributed by atoms with Crippen LogP contribution in [0.1, 0.15) is 43.4 Å². The minimum atomic E-state index is 0.595. The summed E-state index contributed by atoms with van der Waals surface area (Å²) in [7, 11) is 0. The van der Waals surface area contributed by atoms with Gasteiger partial charge in [-0.15, -0.1) is 0 Å². The molecule has 0 spiro atoms. The van der Waals surface area contributed by atoms with Crippen LogP contribution in [-0.4, -0.2) is 19.6 Å². The van der Waals surface area contributed by atoms with Gasteiger partial charge in [-0.2, -0.15) is 0 Å². The second kappa shape index (κ2) is 6.77. The Balaban J connectivity index is 1.68. The predicted molar refractivity (Wildman–Crippen MR) is 73.3 cm³/mol. The highest BCUT2D eigenvalue weighted by molar-refractivity contribution is 5.34. The summed E-state index contributed by atoms with van der Waals surface area (Å²) in [5, 5.41) is 7.11. The number of hydrogen-bond donors (Lipinski definition) is 2. The molecule has 0 saturated heterocycles. The average Bonchev–Trinajstić information content (AvgIpc) is 2.77. The maximum atomic E-state index is 3.67. The molecule has 17 heavy (non-hydrogen) atoms. The summed E-state index contributed by atoms with van der Waals surface area (Å²) in [6.07, 6.45) is 4.95. The molecule has 1 aliphatic rings. The Morgan fingerprint density at radius 1 is 1.18 bits per heavy atom. The third-order valence-corrected chi connectivity index (χ3v) is 3.48. The number of fused-ring (bicyclic) bond motifs is 1. The molecule has 1 aromatic carbocycles. The molecule has 1 aromatic rings. The van der Waals surface area contributed by atoms with Gasteiger partial charge in [0.15, 0.2) is 0 Å². The van der Waals surface area contributed by atoms with E-state index in [-0.39, 0.29) is 0 Å². The summed E-state index contributed by atoms with van der Waals surface area (Å²) in [6.45, 7) is 5.61. The van der Waals surface area contributed by atoms with Crippen molar-refractivity contribution in [2.75, 3.05) is 19.6 Å². The quantitative estimate of drug-likeness (QED) is 0.706. The molecular formula is C15H24N2. The molecule has 0 amide bonds. The zero-order valence-corrected chi connectivity index (χ0v) is 10.8. The van der Waals surface area contributed by atoms with Crippen molar-refractivity contribution >= 4 is 0 Å². The molecule has 0 saturated carbocycles. The molecule has 0 fully saturated rings. The summed E-state index contributed by atoms with van der Waals surface area (Å²) in [5.74, 6) is 0. The second-order valence-corrected chi connectivity index (χ2v) is 4.85.